The Bertz CT molecular complexity index is 498. The average Bonchev–Trinajstić information content (AvgIpc) is 2.82. The van der Waals surface area contributed by atoms with Gasteiger partial charge in [-0.05, 0) is 13.0 Å². The molecule has 0 saturated carbocycles. The van der Waals surface area contributed by atoms with Gasteiger partial charge in [-0.2, -0.15) is 5.10 Å². The van der Waals surface area contributed by atoms with Crippen LogP contribution in [0.3, 0.4) is 0 Å². The lowest BCUT2D eigenvalue weighted by atomic mass is 10.1. The molecule has 3 N–H and O–H groups in total. The summed E-state index contributed by atoms with van der Waals surface area (Å²) in [6.45, 7) is 1.98. The first-order valence-electron chi connectivity index (χ1n) is 5.47. The Balaban J connectivity index is 2.12. The Kier molecular flexibility index (Phi) is 4.19. The van der Waals surface area contributed by atoms with E-state index in [1.54, 1.807) is 24.5 Å². The van der Waals surface area contributed by atoms with E-state index < -0.39 is 0 Å². The maximum atomic E-state index is 5.56. The number of rotatable bonds is 5. The molecule has 18 heavy (non-hydrogen) atoms. The molecular weight excluding hydrogens is 250 g/mol. The van der Waals surface area contributed by atoms with Crippen molar-refractivity contribution in [3.63, 3.8) is 0 Å². The standard InChI is InChI=1S/C11H15N5OS/c1-7-13-8(6-18-7)5-10(14-12)9-3-4-11(17-2)16-15-9/h3-4,6,10,14H,5,12H2,1-2H3. The Morgan fingerprint density at radius 2 is 2.28 bits per heavy atom. The van der Waals surface area contributed by atoms with Crippen molar-refractivity contribution >= 4 is 11.3 Å². The fourth-order valence-corrected chi connectivity index (χ4v) is 2.21. The van der Waals surface area contributed by atoms with Crippen molar-refractivity contribution in [1.29, 1.82) is 0 Å². The number of thiazole rings is 1. The molecule has 0 bridgehead atoms. The molecule has 0 aromatic carbocycles. The van der Waals surface area contributed by atoms with E-state index in [2.05, 4.69) is 20.6 Å². The van der Waals surface area contributed by atoms with Crippen LogP contribution in [0.15, 0.2) is 17.5 Å². The summed E-state index contributed by atoms with van der Waals surface area (Å²) in [5, 5.41) is 11.1. The van der Waals surface area contributed by atoms with Crippen LogP contribution >= 0.6 is 11.3 Å². The number of aryl methyl sites for hydroxylation is 1. The molecule has 96 valence electrons. The van der Waals surface area contributed by atoms with E-state index >= 15 is 0 Å². The van der Waals surface area contributed by atoms with Crippen molar-refractivity contribution in [1.82, 2.24) is 20.6 Å². The third kappa shape index (κ3) is 3.00. The van der Waals surface area contributed by atoms with Crippen LogP contribution in [-0.2, 0) is 6.42 Å². The predicted molar refractivity (Wildman–Crippen MR) is 69.2 cm³/mol. The van der Waals surface area contributed by atoms with Crippen molar-refractivity contribution in [2.45, 2.75) is 19.4 Å². The predicted octanol–water partition coefficient (Wildman–Crippen LogP) is 0.997. The number of nitrogens with two attached hydrogens (primary N) is 1. The molecular formula is C11H15N5OS. The van der Waals surface area contributed by atoms with Gasteiger partial charge in [0, 0.05) is 17.9 Å². The molecule has 0 aliphatic carbocycles. The summed E-state index contributed by atoms with van der Waals surface area (Å²) in [5.74, 6) is 6.04. The van der Waals surface area contributed by atoms with Gasteiger partial charge < -0.3 is 4.74 Å². The number of hydrogen-bond acceptors (Lipinski definition) is 7. The fraction of sp³-hybridized carbons (Fsp3) is 0.364. The molecule has 0 saturated heterocycles. The highest BCUT2D eigenvalue weighted by Crippen LogP contribution is 2.18. The number of methoxy groups -OCH3 is 1. The number of nitrogens with zero attached hydrogens (tertiary/aromatic N) is 3. The Morgan fingerprint density at radius 1 is 1.44 bits per heavy atom. The molecule has 2 rings (SSSR count). The first-order valence-corrected chi connectivity index (χ1v) is 6.35. The highest BCUT2D eigenvalue weighted by Gasteiger charge is 2.14. The molecule has 2 heterocycles. The van der Waals surface area contributed by atoms with Crippen molar-refractivity contribution in [3.8, 4) is 5.88 Å². The van der Waals surface area contributed by atoms with Crippen molar-refractivity contribution < 1.29 is 4.74 Å². The van der Waals surface area contributed by atoms with Gasteiger partial charge in [-0.3, -0.25) is 11.3 Å². The van der Waals surface area contributed by atoms with Crippen LogP contribution in [0.1, 0.15) is 22.4 Å². The smallest absolute Gasteiger partial charge is 0.233 e. The molecule has 2 aromatic rings. The third-order valence-corrected chi connectivity index (χ3v) is 3.33. The van der Waals surface area contributed by atoms with E-state index in [0.29, 0.717) is 12.3 Å². The summed E-state index contributed by atoms with van der Waals surface area (Å²) in [6.07, 6.45) is 0.682. The molecule has 0 fully saturated rings. The Labute approximate surface area is 109 Å². The van der Waals surface area contributed by atoms with Crippen LogP contribution in [0.5, 0.6) is 5.88 Å². The first-order chi connectivity index (χ1) is 8.72. The van der Waals surface area contributed by atoms with Gasteiger partial charge in [0.25, 0.3) is 0 Å². The maximum absolute atomic E-state index is 5.56. The van der Waals surface area contributed by atoms with Gasteiger partial charge in [0.15, 0.2) is 0 Å². The molecule has 6 nitrogen and oxygen atoms in total. The van der Waals surface area contributed by atoms with E-state index in [4.69, 9.17) is 10.6 Å². The Morgan fingerprint density at radius 3 is 2.78 bits per heavy atom. The summed E-state index contributed by atoms with van der Waals surface area (Å²) in [7, 11) is 1.56. The number of aromatic nitrogens is 3. The van der Waals surface area contributed by atoms with Gasteiger partial charge in [-0.25, -0.2) is 4.98 Å². The topological polar surface area (TPSA) is 86.0 Å². The lowest BCUT2D eigenvalue weighted by molar-refractivity contribution is 0.389. The number of ether oxygens (including phenoxy) is 1. The second-order valence-corrected chi connectivity index (χ2v) is 4.84. The van der Waals surface area contributed by atoms with Crippen molar-refractivity contribution in [3.05, 3.63) is 33.9 Å². The van der Waals surface area contributed by atoms with E-state index in [0.717, 1.165) is 16.4 Å². The quantitative estimate of drug-likeness (QED) is 0.619. The zero-order valence-electron chi connectivity index (χ0n) is 10.3. The van der Waals surface area contributed by atoms with Gasteiger partial charge in [-0.1, -0.05) is 0 Å². The van der Waals surface area contributed by atoms with Gasteiger partial charge in [0.2, 0.25) is 5.88 Å². The highest BCUT2D eigenvalue weighted by molar-refractivity contribution is 7.09. The average molecular weight is 265 g/mol. The minimum Gasteiger partial charge on any atom is -0.480 e. The second kappa shape index (κ2) is 5.85. The fourth-order valence-electron chi connectivity index (χ4n) is 1.59. The Hall–Kier alpha value is -1.57. The van der Waals surface area contributed by atoms with Crippen LogP contribution in [0.25, 0.3) is 0 Å². The number of hydrogen-bond donors (Lipinski definition) is 2. The monoisotopic (exact) mass is 265 g/mol. The molecule has 0 radical (unpaired) electrons. The summed E-state index contributed by atoms with van der Waals surface area (Å²) < 4.78 is 4.97. The molecule has 2 aromatic heterocycles. The van der Waals surface area contributed by atoms with Crippen LogP contribution < -0.4 is 16.0 Å². The minimum absolute atomic E-state index is 0.107. The lowest BCUT2D eigenvalue weighted by Crippen LogP contribution is -2.30. The van der Waals surface area contributed by atoms with Crippen LogP contribution in [0, 0.1) is 6.92 Å². The SMILES string of the molecule is COc1ccc(C(Cc2csc(C)n2)NN)nn1. The molecule has 0 spiro atoms. The number of hydrazine groups is 1. The third-order valence-electron chi connectivity index (χ3n) is 2.51. The van der Waals surface area contributed by atoms with E-state index in [9.17, 15) is 0 Å². The van der Waals surface area contributed by atoms with Gasteiger partial charge in [0.1, 0.15) is 0 Å². The van der Waals surface area contributed by atoms with Crippen LogP contribution in [0.2, 0.25) is 0 Å². The molecule has 0 amide bonds. The molecule has 1 atom stereocenters. The highest BCUT2D eigenvalue weighted by atomic mass is 32.1. The molecule has 1 unspecified atom stereocenters. The normalized spacial score (nSPS) is 12.4. The van der Waals surface area contributed by atoms with Crippen LogP contribution in [-0.4, -0.2) is 22.3 Å². The van der Waals surface area contributed by atoms with Gasteiger partial charge in [0.05, 0.1) is 29.5 Å². The zero-order valence-corrected chi connectivity index (χ0v) is 11.1. The molecule has 0 aliphatic heterocycles. The maximum Gasteiger partial charge on any atom is 0.233 e. The number of nitrogens with one attached hydrogen (secondary N) is 1. The lowest BCUT2D eigenvalue weighted by Gasteiger charge is -2.13. The van der Waals surface area contributed by atoms with Crippen molar-refractivity contribution in [2.75, 3.05) is 7.11 Å². The van der Waals surface area contributed by atoms with Gasteiger partial charge >= 0.3 is 0 Å². The first kappa shape index (κ1) is 12.9. The van der Waals surface area contributed by atoms with Crippen molar-refractivity contribution in [2.24, 2.45) is 5.84 Å². The van der Waals surface area contributed by atoms with E-state index in [1.165, 1.54) is 0 Å². The minimum atomic E-state index is -0.107. The largest absolute Gasteiger partial charge is 0.480 e. The molecule has 0 aliphatic rings. The van der Waals surface area contributed by atoms with E-state index in [-0.39, 0.29) is 6.04 Å². The zero-order chi connectivity index (χ0) is 13.0. The molecule has 7 heteroatoms. The van der Waals surface area contributed by atoms with E-state index in [1.807, 2.05) is 18.4 Å². The summed E-state index contributed by atoms with van der Waals surface area (Å²) in [4.78, 5) is 4.41. The summed E-state index contributed by atoms with van der Waals surface area (Å²) in [6, 6.07) is 3.50. The summed E-state index contributed by atoms with van der Waals surface area (Å²) >= 11 is 1.62. The van der Waals surface area contributed by atoms with Crippen LogP contribution in [0.4, 0.5) is 0 Å². The second-order valence-electron chi connectivity index (χ2n) is 3.78. The van der Waals surface area contributed by atoms with Gasteiger partial charge in [-0.15, -0.1) is 16.4 Å². The summed E-state index contributed by atoms with van der Waals surface area (Å²) in [5.41, 5.74) is 4.50.